The first-order valence-corrected chi connectivity index (χ1v) is 6.49. The van der Waals surface area contributed by atoms with Crippen LogP contribution in [-0.2, 0) is 0 Å². The van der Waals surface area contributed by atoms with Gasteiger partial charge in [0.05, 0.1) is 4.92 Å². The van der Waals surface area contributed by atoms with E-state index in [0.29, 0.717) is 5.75 Å². The maximum atomic E-state index is 11.1. The molecule has 0 amide bonds. The summed E-state index contributed by atoms with van der Waals surface area (Å²) in [4.78, 5) is 18.2. The minimum absolute atomic E-state index is 0.100. The molecular weight excluding hydrogens is 294 g/mol. The van der Waals surface area contributed by atoms with Crippen LogP contribution in [0.4, 0.5) is 5.69 Å². The zero-order valence-corrected chi connectivity index (χ0v) is 12.2. The molecule has 0 radical (unpaired) electrons. The van der Waals surface area contributed by atoms with Crippen LogP contribution in [0.25, 0.3) is 6.08 Å². The first kappa shape index (κ1) is 14.9. The van der Waals surface area contributed by atoms with Crippen LogP contribution in [-0.4, -0.2) is 14.9 Å². The van der Waals surface area contributed by atoms with E-state index >= 15 is 0 Å². The van der Waals surface area contributed by atoms with Crippen molar-refractivity contribution >= 4 is 23.4 Å². The molecule has 108 valence electrons. The molecule has 1 aromatic carbocycles. The number of aryl methyl sites for hydroxylation is 1. The summed E-state index contributed by atoms with van der Waals surface area (Å²) in [7, 11) is 0. The molecule has 0 spiro atoms. The van der Waals surface area contributed by atoms with Crippen LogP contribution < -0.4 is 4.74 Å². The average Bonchev–Trinajstić information content (AvgIpc) is 2.40. The smallest absolute Gasteiger partial charge is 0.352 e. The van der Waals surface area contributed by atoms with Gasteiger partial charge in [-0.3, -0.25) is 10.1 Å². The number of allylic oxidation sites excluding steroid dienone is 1. The van der Waals surface area contributed by atoms with Crippen molar-refractivity contribution in [3.63, 3.8) is 0 Å². The molecule has 1 aromatic heterocycles. The monoisotopic (exact) mass is 305 g/mol. The second-order valence-electron chi connectivity index (χ2n) is 4.13. The molecule has 0 N–H and O–H groups in total. The molecule has 0 aliphatic heterocycles. The van der Waals surface area contributed by atoms with Crippen LogP contribution in [0.15, 0.2) is 30.3 Å². The number of rotatable bonds is 4. The fraction of sp³-hybridized carbons (Fsp3) is 0.143. The van der Waals surface area contributed by atoms with Crippen molar-refractivity contribution in [1.29, 1.82) is 0 Å². The Labute approximate surface area is 126 Å². The number of nitro groups is 1. The summed E-state index contributed by atoms with van der Waals surface area (Å²) in [6.45, 7) is 3.35. The number of aromatic nitrogens is 2. The van der Waals surface area contributed by atoms with Gasteiger partial charge in [-0.25, -0.2) is 4.98 Å². The van der Waals surface area contributed by atoms with Crippen molar-refractivity contribution < 1.29 is 9.66 Å². The fourth-order valence-electron chi connectivity index (χ4n) is 1.78. The van der Waals surface area contributed by atoms with E-state index in [1.807, 2.05) is 31.2 Å². The van der Waals surface area contributed by atoms with E-state index in [9.17, 15) is 10.1 Å². The van der Waals surface area contributed by atoms with Gasteiger partial charge in [-0.2, -0.15) is 4.98 Å². The third-order valence-electron chi connectivity index (χ3n) is 2.65. The first-order valence-electron chi connectivity index (χ1n) is 6.11. The molecule has 0 fully saturated rings. The van der Waals surface area contributed by atoms with E-state index < -0.39 is 4.92 Å². The van der Waals surface area contributed by atoms with Gasteiger partial charge in [0.2, 0.25) is 5.28 Å². The molecule has 1 heterocycles. The molecule has 0 atom stereocenters. The summed E-state index contributed by atoms with van der Waals surface area (Å²) in [5.41, 5.74) is 0.634. The summed E-state index contributed by atoms with van der Waals surface area (Å²) < 4.78 is 5.59. The first-order chi connectivity index (χ1) is 10.0. The Morgan fingerprint density at radius 1 is 1.33 bits per heavy atom. The second kappa shape index (κ2) is 6.32. The predicted octanol–water partition coefficient (Wildman–Crippen LogP) is 4.17. The van der Waals surface area contributed by atoms with E-state index in [1.54, 1.807) is 12.1 Å². The van der Waals surface area contributed by atoms with Gasteiger partial charge in [0.15, 0.2) is 0 Å². The summed E-state index contributed by atoms with van der Waals surface area (Å²) >= 11 is 5.76. The fourth-order valence-corrected chi connectivity index (χ4v) is 1.99. The Morgan fingerprint density at radius 2 is 2.05 bits per heavy atom. The number of nitrogens with zero attached hydrogens (tertiary/aromatic N) is 3. The van der Waals surface area contributed by atoms with E-state index in [1.165, 1.54) is 6.92 Å². The van der Waals surface area contributed by atoms with Gasteiger partial charge >= 0.3 is 11.6 Å². The molecule has 2 aromatic rings. The molecule has 7 heteroatoms. The lowest BCUT2D eigenvalue weighted by molar-refractivity contribution is -0.386. The average molecular weight is 306 g/mol. The highest BCUT2D eigenvalue weighted by Crippen LogP contribution is 2.34. The van der Waals surface area contributed by atoms with Gasteiger partial charge in [0.1, 0.15) is 11.4 Å². The Morgan fingerprint density at radius 3 is 2.71 bits per heavy atom. The molecular formula is C14H12ClN3O3. The number of benzene rings is 1. The van der Waals surface area contributed by atoms with Gasteiger partial charge in [0, 0.05) is 5.56 Å². The van der Waals surface area contributed by atoms with Crippen LogP contribution in [0.5, 0.6) is 11.6 Å². The number of hydrogen-bond acceptors (Lipinski definition) is 5. The van der Waals surface area contributed by atoms with Crippen LogP contribution in [0.2, 0.25) is 5.28 Å². The lowest BCUT2D eigenvalue weighted by Crippen LogP contribution is -2.02. The molecule has 0 saturated carbocycles. The highest BCUT2D eigenvalue weighted by atomic mass is 35.5. The van der Waals surface area contributed by atoms with Crippen molar-refractivity contribution in [2.45, 2.75) is 13.8 Å². The lowest BCUT2D eigenvalue weighted by atomic mass is 10.2. The minimum atomic E-state index is -0.584. The van der Waals surface area contributed by atoms with Crippen LogP contribution in [0.1, 0.15) is 18.2 Å². The van der Waals surface area contributed by atoms with E-state index in [4.69, 9.17) is 16.3 Å². The summed E-state index contributed by atoms with van der Waals surface area (Å²) in [6, 6.07) is 7.14. The molecule has 0 saturated heterocycles. The molecule has 2 rings (SSSR count). The second-order valence-corrected chi connectivity index (χ2v) is 4.47. The zero-order chi connectivity index (χ0) is 15.4. The summed E-state index contributed by atoms with van der Waals surface area (Å²) in [5.74, 6) is 0.280. The Balaban J connectivity index is 2.52. The van der Waals surface area contributed by atoms with Gasteiger partial charge < -0.3 is 4.74 Å². The number of halogens is 1. The SMILES string of the molecule is C/C=C/c1ccccc1Oc1nc(Cl)nc(C)c1[N+](=O)[O-]. The third kappa shape index (κ3) is 3.35. The number of hydrogen-bond donors (Lipinski definition) is 0. The molecule has 0 aliphatic carbocycles. The largest absolute Gasteiger partial charge is 0.433 e. The predicted molar refractivity (Wildman–Crippen MR) is 79.7 cm³/mol. The summed E-state index contributed by atoms with van der Waals surface area (Å²) in [6.07, 6.45) is 3.67. The van der Waals surface area contributed by atoms with Crippen LogP contribution in [0, 0.1) is 17.0 Å². The van der Waals surface area contributed by atoms with Gasteiger partial charge in [-0.1, -0.05) is 30.4 Å². The van der Waals surface area contributed by atoms with Gasteiger partial charge in [-0.15, -0.1) is 0 Å². The third-order valence-corrected chi connectivity index (χ3v) is 2.82. The topological polar surface area (TPSA) is 78.2 Å². The normalized spacial score (nSPS) is 10.8. The van der Waals surface area contributed by atoms with Gasteiger partial charge in [0.25, 0.3) is 0 Å². The van der Waals surface area contributed by atoms with Crippen molar-refractivity contribution in [2.75, 3.05) is 0 Å². The Kier molecular flexibility index (Phi) is 4.49. The maximum Gasteiger partial charge on any atom is 0.352 e. The minimum Gasteiger partial charge on any atom is -0.433 e. The molecule has 6 nitrogen and oxygen atoms in total. The van der Waals surface area contributed by atoms with Crippen molar-refractivity contribution in [3.8, 4) is 11.6 Å². The standard InChI is InChI=1S/C14H12ClN3O3/c1-3-6-10-7-4-5-8-11(10)21-13-12(18(19)20)9(2)16-14(15)17-13/h3-8H,1-2H3/b6-3+. The summed E-state index contributed by atoms with van der Waals surface area (Å²) in [5, 5.41) is 11.0. The Bertz CT molecular complexity index is 717. The van der Waals surface area contributed by atoms with Crippen molar-refractivity contribution in [2.24, 2.45) is 0 Å². The molecule has 0 unspecified atom stereocenters. The van der Waals surface area contributed by atoms with Crippen molar-refractivity contribution in [3.05, 3.63) is 57.0 Å². The van der Waals surface area contributed by atoms with E-state index in [-0.39, 0.29) is 22.5 Å². The van der Waals surface area contributed by atoms with E-state index in [0.717, 1.165) is 5.56 Å². The van der Waals surface area contributed by atoms with Crippen LogP contribution >= 0.6 is 11.6 Å². The number of para-hydroxylation sites is 1. The van der Waals surface area contributed by atoms with Crippen LogP contribution in [0.3, 0.4) is 0 Å². The van der Waals surface area contributed by atoms with Gasteiger partial charge in [-0.05, 0) is 31.5 Å². The lowest BCUT2D eigenvalue weighted by Gasteiger charge is -2.09. The molecule has 21 heavy (non-hydrogen) atoms. The molecule has 0 bridgehead atoms. The highest BCUT2D eigenvalue weighted by Gasteiger charge is 2.24. The quantitative estimate of drug-likeness (QED) is 0.481. The zero-order valence-electron chi connectivity index (χ0n) is 11.4. The maximum absolute atomic E-state index is 11.1. The van der Waals surface area contributed by atoms with E-state index in [2.05, 4.69) is 9.97 Å². The number of ether oxygens (including phenoxy) is 1. The Hall–Kier alpha value is -2.47. The molecule has 0 aliphatic rings. The van der Waals surface area contributed by atoms with Crippen molar-refractivity contribution in [1.82, 2.24) is 9.97 Å². The highest BCUT2D eigenvalue weighted by molar-refractivity contribution is 6.28.